The fourth-order valence-corrected chi connectivity index (χ4v) is 3.31. The summed E-state index contributed by atoms with van der Waals surface area (Å²) in [4.78, 5) is 29.9. The predicted molar refractivity (Wildman–Crippen MR) is 90.3 cm³/mol. The van der Waals surface area contributed by atoms with E-state index in [9.17, 15) is 9.59 Å². The Bertz CT molecular complexity index is 1030. The number of fused-ring (bicyclic) bond motifs is 3. The molecule has 0 aliphatic carbocycles. The topological polar surface area (TPSA) is 66.2 Å². The van der Waals surface area contributed by atoms with Crippen molar-refractivity contribution in [2.75, 3.05) is 0 Å². The van der Waals surface area contributed by atoms with Crippen LogP contribution in [-0.2, 0) is 13.6 Å². The Morgan fingerprint density at radius 1 is 1.13 bits per heavy atom. The van der Waals surface area contributed by atoms with E-state index in [1.807, 2.05) is 25.2 Å². The van der Waals surface area contributed by atoms with Crippen LogP contribution in [0.4, 0.5) is 0 Å². The lowest BCUT2D eigenvalue weighted by atomic mass is 10.3. The van der Waals surface area contributed by atoms with E-state index in [1.165, 1.54) is 9.13 Å². The minimum absolute atomic E-state index is 0.220. The highest BCUT2D eigenvalue weighted by atomic mass is 16.2. The molecule has 0 radical (unpaired) electrons. The molecule has 23 heavy (non-hydrogen) atoms. The number of hydrogen-bond acceptors (Lipinski definition) is 3. The van der Waals surface area contributed by atoms with Crippen molar-refractivity contribution in [2.24, 2.45) is 7.05 Å². The zero-order valence-corrected chi connectivity index (χ0v) is 14.5. The lowest BCUT2D eigenvalue weighted by molar-refractivity contribution is 0.591. The fraction of sp³-hybridized carbons (Fsp3) is 0.562. The third kappa shape index (κ3) is 1.92. The smallest absolute Gasteiger partial charge is 0.311 e. The van der Waals surface area contributed by atoms with Gasteiger partial charge in [-0.05, 0) is 34.1 Å². The monoisotopic (exact) mass is 317 g/mol. The van der Waals surface area contributed by atoms with Gasteiger partial charge in [0.25, 0.3) is 5.56 Å². The second-order valence-corrected chi connectivity index (χ2v) is 6.35. The summed E-state index contributed by atoms with van der Waals surface area (Å²) in [5.41, 5.74) is 2.42. The van der Waals surface area contributed by atoms with Gasteiger partial charge in [-0.25, -0.2) is 4.79 Å². The Hall–Kier alpha value is -2.31. The van der Waals surface area contributed by atoms with E-state index in [0.717, 1.165) is 17.8 Å². The van der Waals surface area contributed by atoms with Crippen molar-refractivity contribution >= 4 is 16.9 Å². The summed E-state index contributed by atoms with van der Waals surface area (Å²) in [5, 5.41) is 0. The normalized spacial score (nSPS) is 12.1. The van der Waals surface area contributed by atoms with Crippen molar-refractivity contribution in [3.8, 4) is 0 Å². The first-order chi connectivity index (χ1) is 10.8. The van der Waals surface area contributed by atoms with Crippen LogP contribution < -0.4 is 11.2 Å². The van der Waals surface area contributed by atoms with Crippen LogP contribution in [-0.4, -0.2) is 23.1 Å². The molecule has 0 aliphatic rings. The van der Waals surface area contributed by atoms with Gasteiger partial charge in [0, 0.05) is 31.0 Å². The lowest BCUT2D eigenvalue weighted by Gasteiger charge is -2.09. The number of imidazole rings is 2. The van der Waals surface area contributed by atoms with Gasteiger partial charge in [0.2, 0.25) is 5.78 Å². The number of hydrogen-bond donors (Lipinski definition) is 0. The molecule has 3 rings (SSSR count). The van der Waals surface area contributed by atoms with Crippen LogP contribution in [0.25, 0.3) is 16.9 Å². The highest BCUT2D eigenvalue weighted by Crippen LogP contribution is 2.23. The maximum absolute atomic E-state index is 12.9. The predicted octanol–water partition coefficient (Wildman–Crippen LogP) is 1.76. The molecular weight excluding hydrogens is 294 g/mol. The van der Waals surface area contributed by atoms with E-state index in [0.29, 0.717) is 23.5 Å². The second-order valence-electron chi connectivity index (χ2n) is 6.35. The minimum atomic E-state index is -0.310. The van der Waals surface area contributed by atoms with Gasteiger partial charge in [-0.15, -0.1) is 0 Å². The Kier molecular flexibility index (Phi) is 3.46. The second kappa shape index (κ2) is 5.11. The molecule has 0 bridgehead atoms. The van der Waals surface area contributed by atoms with Crippen molar-refractivity contribution in [1.82, 2.24) is 23.1 Å². The molecular formula is C16H23N5O2. The van der Waals surface area contributed by atoms with Crippen LogP contribution in [0.1, 0.15) is 44.6 Å². The van der Waals surface area contributed by atoms with Crippen LogP contribution in [0.5, 0.6) is 0 Å². The molecule has 124 valence electrons. The molecule has 0 aromatic carbocycles. The molecule has 0 saturated carbocycles. The molecule has 3 aromatic rings. The Labute approximate surface area is 133 Å². The minimum Gasteiger partial charge on any atom is -0.311 e. The summed E-state index contributed by atoms with van der Waals surface area (Å²) in [7, 11) is 1.67. The molecule has 0 atom stereocenters. The van der Waals surface area contributed by atoms with Crippen molar-refractivity contribution in [3.05, 3.63) is 32.2 Å². The van der Waals surface area contributed by atoms with E-state index in [-0.39, 0.29) is 17.3 Å². The number of aromatic nitrogens is 5. The lowest BCUT2D eigenvalue weighted by Crippen LogP contribution is -2.39. The highest BCUT2D eigenvalue weighted by Gasteiger charge is 2.23. The Balaban J connectivity index is 2.61. The van der Waals surface area contributed by atoms with Gasteiger partial charge in [0.05, 0.1) is 0 Å². The van der Waals surface area contributed by atoms with Crippen molar-refractivity contribution in [2.45, 2.75) is 53.6 Å². The third-order valence-electron chi connectivity index (χ3n) is 4.52. The standard InChI is InChI=1S/C16H23N5O2/c1-7-8-19-14(22)12-13(18(6)16(19)23)17-15-20(9(2)3)10(4)11(5)21(12)15/h9H,7-8H2,1-6H3. The fourth-order valence-electron chi connectivity index (χ4n) is 3.31. The molecule has 3 heterocycles. The molecule has 0 aliphatic heterocycles. The summed E-state index contributed by atoms with van der Waals surface area (Å²) in [6, 6.07) is 0.220. The SMILES string of the molecule is CCCn1c(=O)c2c(nc3n(C(C)C)c(C)c(C)n23)n(C)c1=O. The van der Waals surface area contributed by atoms with Crippen LogP contribution >= 0.6 is 0 Å². The summed E-state index contributed by atoms with van der Waals surface area (Å²) in [6.07, 6.45) is 0.730. The molecule has 7 heteroatoms. The number of rotatable bonds is 3. The summed E-state index contributed by atoms with van der Waals surface area (Å²) < 4.78 is 6.76. The first kappa shape index (κ1) is 15.6. The Morgan fingerprint density at radius 3 is 2.35 bits per heavy atom. The maximum Gasteiger partial charge on any atom is 0.332 e. The third-order valence-corrected chi connectivity index (χ3v) is 4.52. The van der Waals surface area contributed by atoms with E-state index < -0.39 is 0 Å². The molecule has 0 fully saturated rings. The number of nitrogens with zero attached hydrogens (tertiary/aromatic N) is 5. The van der Waals surface area contributed by atoms with Crippen molar-refractivity contribution in [3.63, 3.8) is 0 Å². The van der Waals surface area contributed by atoms with Gasteiger partial charge in [0.1, 0.15) is 0 Å². The summed E-state index contributed by atoms with van der Waals surface area (Å²) >= 11 is 0. The van der Waals surface area contributed by atoms with E-state index in [4.69, 9.17) is 0 Å². The highest BCUT2D eigenvalue weighted by molar-refractivity contribution is 5.76. The van der Waals surface area contributed by atoms with Gasteiger partial charge < -0.3 is 4.57 Å². The molecule has 7 nitrogen and oxygen atoms in total. The molecule has 0 saturated heterocycles. The maximum atomic E-state index is 12.9. The number of aryl methyl sites for hydroxylation is 2. The summed E-state index contributed by atoms with van der Waals surface area (Å²) in [5.74, 6) is 0.714. The zero-order valence-electron chi connectivity index (χ0n) is 14.5. The molecule has 0 amide bonds. The Morgan fingerprint density at radius 2 is 1.78 bits per heavy atom. The van der Waals surface area contributed by atoms with E-state index >= 15 is 0 Å². The van der Waals surface area contributed by atoms with E-state index in [1.54, 1.807) is 7.05 Å². The van der Waals surface area contributed by atoms with E-state index in [2.05, 4.69) is 23.4 Å². The molecule has 3 aromatic heterocycles. The van der Waals surface area contributed by atoms with Gasteiger partial charge in [-0.3, -0.25) is 18.3 Å². The van der Waals surface area contributed by atoms with Crippen LogP contribution in [0, 0.1) is 13.8 Å². The van der Waals surface area contributed by atoms with Crippen LogP contribution in [0.15, 0.2) is 9.59 Å². The van der Waals surface area contributed by atoms with Gasteiger partial charge >= 0.3 is 5.69 Å². The van der Waals surface area contributed by atoms with Gasteiger partial charge in [0.15, 0.2) is 11.2 Å². The molecule has 0 N–H and O–H groups in total. The largest absolute Gasteiger partial charge is 0.332 e. The van der Waals surface area contributed by atoms with Gasteiger partial charge in [-0.2, -0.15) is 4.98 Å². The van der Waals surface area contributed by atoms with Gasteiger partial charge in [-0.1, -0.05) is 6.92 Å². The molecule has 0 unspecified atom stereocenters. The quantitative estimate of drug-likeness (QED) is 0.739. The zero-order chi connectivity index (χ0) is 17.0. The molecule has 0 spiro atoms. The summed E-state index contributed by atoms with van der Waals surface area (Å²) in [6.45, 7) is 10.5. The van der Waals surface area contributed by atoms with Crippen molar-refractivity contribution in [1.29, 1.82) is 0 Å². The first-order valence-corrected chi connectivity index (χ1v) is 8.00. The van der Waals surface area contributed by atoms with Crippen LogP contribution in [0.3, 0.4) is 0 Å². The van der Waals surface area contributed by atoms with Crippen molar-refractivity contribution < 1.29 is 0 Å². The first-order valence-electron chi connectivity index (χ1n) is 8.00. The average molecular weight is 317 g/mol. The van der Waals surface area contributed by atoms with Crippen LogP contribution in [0.2, 0.25) is 0 Å². The average Bonchev–Trinajstić information content (AvgIpc) is 2.98.